The number of pyridine rings is 1. The van der Waals surface area contributed by atoms with Crippen molar-refractivity contribution in [1.82, 2.24) is 24.8 Å². The van der Waals surface area contributed by atoms with E-state index in [2.05, 4.69) is 27.2 Å². The molecule has 3 aromatic rings. The molecule has 0 aliphatic carbocycles. The lowest BCUT2D eigenvalue weighted by Crippen LogP contribution is -2.24. The van der Waals surface area contributed by atoms with Gasteiger partial charge in [-0.15, -0.1) is 11.3 Å². The first kappa shape index (κ1) is 15.6. The minimum absolute atomic E-state index is 0.0902. The van der Waals surface area contributed by atoms with Crippen LogP contribution >= 0.6 is 11.3 Å². The van der Waals surface area contributed by atoms with Gasteiger partial charge in [0, 0.05) is 13.2 Å². The average molecular weight is 329 g/mol. The third kappa shape index (κ3) is 3.10. The summed E-state index contributed by atoms with van der Waals surface area (Å²) in [5.74, 6) is 0.713. The van der Waals surface area contributed by atoms with Crippen LogP contribution in [0.1, 0.15) is 39.5 Å². The summed E-state index contributed by atoms with van der Waals surface area (Å²) >= 11 is 1.48. The maximum absolute atomic E-state index is 12.4. The second-order valence-corrected chi connectivity index (χ2v) is 6.49. The number of hydrogen-bond donors (Lipinski definition) is 1. The molecule has 0 fully saturated rings. The molecule has 0 aromatic carbocycles. The molecule has 1 amide bonds. The van der Waals surface area contributed by atoms with Crippen molar-refractivity contribution >= 4 is 28.3 Å². The van der Waals surface area contributed by atoms with Crippen molar-refractivity contribution < 1.29 is 4.79 Å². The standard InChI is InChI=1S/C16H19N5OS/c1-4-5-14-19-10(2)15(23-14)16(22)18-9-13-20-11-6-7-17-8-12(11)21(13)3/h6-8H,4-5,9H2,1-3H3,(H,18,22). The molecule has 3 aromatic heterocycles. The largest absolute Gasteiger partial charge is 0.344 e. The van der Waals surface area contributed by atoms with Gasteiger partial charge in [0.2, 0.25) is 0 Å². The Morgan fingerprint density at radius 1 is 1.39 bits per heavy atom. The Balaban J connectivity index is 1.74. The number of aryl methyl sites for hydroxylation is 3. The lowest BCUT2D eigenvalue weighted by atomic mass is 10.3. The maximum atomic E-state index is 12.4. The van der Waals surface area contributed by atoms with Gasteiger partial charge in [0.25, 0.3) is 5.91 Å². The normalized spacial score (nSPS) is 11.1. The Labute approximate surface area is 138 Å². The number of hydrogen-bond acceptors (Lipinski definition) is 5. The Morgan fingerprint density at radius 3 is 2.96 bits per heavy atom. The van der Waals surface area contributed by atoms with Crippen LogP contribution in [0.15, 0.2) is 18.5 Å². The molecule has 0 bridgehead atoms. The molecular formula is C16H19N5OS. The quantitative estimate of drug-likeness (QED) is 0.781. The van der Waals surface area contributed by atoms with Crippen molar-refractivity contribution in [2.75, 3.05) is 0 Å². The molecule has 7 heteroatoms. The molecular weight excluding hydrogens is 310 g/mol. The van der Waals surface area contributed by atoms with Gasteiger partial charge in [-0.3, -0.25) is 9.78 Å². The van der Waals surface area contributed by atoms with E-state index in [1.54, 1.807) is 12.4 Å². The minimum Gasteiger partial charge on any atom is -0.344 e. The van der Waals surface area contributed by atoms with Crippen molar-refractivity contribution in [3.05, 3.63) is 39.9 Å². The smallest absolute Gasteiger partial charge is 0.263 e. The molecule has 0 aliphatic rings. The van der Waals surface area contributed by atoms with Crippen LogP contribution in [0, 0.1) is 6.92 Å². The molecule has 0 unspecified atom stereocenters. The molecule has 3 heterocycles. The van der Waals surface area contributed by atoms with E-state index < -0.39 is 0 Å². The Kier molecular flexibility index (Phi) is 4.38. The van der Waals surface area contributed by atoms with Crippen LogP contribution in [-0.4, -0.2) is 25.4 Å². The number of carbonyl (C=O) groups is 1. The Hall–Kier alpha value is -2.28. The number of rotatable bonds is 5. The summed E-state index contributed by atoms with van der Waals surface area (Å²) in [6.45, 7) is 4.37. The summed E-state index contributed by atoms with van der Waals surface area (Å²) in [7, 11) is 1.93. The van der Waals surface area contributed by atoms with Crippen molar-refractivity contribution in [3.63, 3.8) is 0 Å². The van der Waals surface area contributed by atoms with Gasteiger partial charge in [-0.1, -0.05) is 6.92 Å². The predicted octanol–water partition coefficient (Wildman–Crippen LogP) is 2.62. The fourth-order valence-corrected chi connectivity index (χ4v) is 3.55. The summed E-state index contributed by atoms with van der Waals surface area (Å²) in [5.41, 5.74) is 2.63. The molecule has 0 spiro atoms. The monoisotopic (exact) mass is 329 g/mol. The van der Waals surface area contributed by atoms with Crippen LogP contribution < -0.4 is 5.32 Å². The van der Waals surface area contributed by atoms with Crippen LogP contribution in [0.3, 0.4) is 0 Å². The van der Waals surface area contributed by atoms with Gasteiger partial charge >= 0.3 is 0 Å². The molecule has 0 radical (unpaired) electrons. The van der Waals surface area contributed by atoms with E-state index in [1.165, 1.54) is 11.3 Å². The zero-order valence-electron chi connectivity index (χ0n) is 13.5. The van der Waals surface area contributed by atoms with Gasteiger partial charge in [0.1, 0.15) is 10.7 Å². The highest BCUT2D eigenvalue weighted by Gasteiger charge is 2.16. The molecule has 23 heavy (non-hydrogen) atoms. The molecule has 120 valence electrons. The summed E-state index contributed by atoms with van der Waals surface area (Å²) in [6.07, 6.45) is 5.43. The zero-order valence-corrected chi connectivity index (χ0v) is 14.3. The number of nitrogens with one attached hydrogen (secondary N) is 1. The van der Waals surface area contributed by atoms with E-state index >= 15 is 0 Å². The second kappa shape index (κ2) is 6.45. The highest BCUT2D eigenvalue weighted by Crippen LogP contribution is 2.19. The van der Waals surface area contributed by atoms with Crippen LogP contribution in [0.2, 0.25) is 0 Å². The van der Waals surface area contributed by atoms with Crippen LogP contribution in [0.5, 0.6) is 0 Å². The number of imidazole rings is 1. The third-order valence-corrected chi connectivity index (χ3v) is 4.91. The van der Waals surface area contributed by atoms with Gasteiger partial charge < -0.3 is 9.88 Å². The number of nitrogens with zero attached hydrogens (tertiary/aromatic N) is 4. The highest BCUT2D eigenvalue weighted by atomic mass is 32.1. The summed E-state index contributed by atoms with van der Waals surface area (Å²) in [6, 6.07) is 1.87. The van der Waals surface area contributed by atoms with Crippen LogP contribution in [0.4, 0.5) is 0 Å². The Bertz CT molecular complexity index is 851. The van der Waals surface area contributed by atoms with Gasteiger partial charge in [0.05, 0.1) is 34.5 Å². The van der Waals surface area contributed by atoms with Crippen molar-refractivity contribution in [3.8, 4) is 0 Å². The first-order valence-electron chi connectivity index (χ1n) is 7.60. The lowest BCUT2D eigenvalue weighted by molar-refractivity contribution is 0.0953. The molecule has 0 aliphatic heterocycles. The van der Waals surface area contributed by atoms with Crippen LogP contribution in [0.25, 0.3) is 11.0 Å². The molecule has 0 saturated carbocycles. The average Bonchev–Trinajstić information content (AvgIpc) is 3.06. The van der Waals surface area contributed by atoms with Gasteiger partial charge in [-0.2, -0.15) is 0 Å². The van der Waals surface area contributed by atoms with Crippen LogP contribution in [-0.2, 0) is 20.0 Å². The molecule has 3 rings (SSSR count). The fourth-order valence-electron chi connectivity index (χ4n) is 2.47. The highest BCUT2D eigenvalue weighted by molar-refractivity contribution is 7.13. The summed E-state index contributed by atoms with van der Waals surface area (Å²) < 4.78 is 1.95. The SMILES string of the molecule is CCCc1nc(C)c(C(=O)NCc2nc3ccncc3n2C)s1. The summed E-state index contributed by atoms with van der Waals surface area (Å²) in [4.78, 5) is 26.2. The Morgan fingerprint density at radius 2 is 2.22 bits per heavy atom. The molecule has 1 N–H and O–H groups in total. The molecule has 6 nitrogen and oxygen atoms in total. The first-order chi connectivity index (χ1) is 11.1. The number of carbonyl (C=O) groups excluding carboxylic acids is 1. The van der Waals surface area contributed by atoms with E-state index in [1.807, 2.05) is 24.6 Å². The van der Waals surface area contributed by atoms with Crippen molar-refractivity contribution in [2.45, 2.75) is 33.2 Å². The number of fused-ring (bicyclic) bond motifs is 1. The topological polar surface area (TPSA) is 72.7 Å². The predicted molar refractivity (Wildman–Crippen MR) is 90.5 cm³/mol. The third-order valence-electron chi connectivity index (χ3n) is 3.69. The van der Waals surface area contributed by atoms with E-state index in [9.17, 15) is 4.79 Å². The van der Waals surface area contributed by atoms with E-state index in [4.69, 9.17) is 0 Å². The summed E-state index contributed by atoms with van der Waals surface area (Å²) in [5, 5.41) is 3.96. The number of thiazole rings is 1. The molecule has 0 atom stereocenters. The number of amides is 1. The van der Waals surface area contributed by atoms with Crippen molar-refractivity contribution in [1.29, 1.82) is 0 Å². The van der Waals surface area contributed by atoms with Gasteiger partial charge in [-0.05, 0) is 25.8 Å². The number of aromatic nitrogens is 4. The fraction of sp³-hybridized carbons (Fsp3) is 0.375. The van der Waals surface area contributed by atoms with Crippen molar-refractivity contribution in [2.24, 2.45) is 7.05 Å². The van der Waals surface area contributed by atoms with Gasteiger partial charge in [-0.25, -0.2) is 9.97 Å². The minimum atomic E-state index is -0.0902. The zero-order chi connectivity index (χ0) is 16.4. The maximum Gasteiger partial charge on any atom is 0.263 e. The second-order valence-electron chi connectivity index (χ2n) is 5.41. The van der Waals surface area contributed by atoms with E-state index in [-0.39, 0.29) is 5.91 Å². The van der Waals surface area contributed by atoms with E-state index in [0.29, 0.717) is 11.4 Å². The molecule has 0 saturated heterocycles. The van der Waals surface area contributed by atoms with E-state index in [0.717, 1.165) is 40.4 Å². The van der Waals surface area contributed by atoms with Gasteiger partial charge in [0.15, 0.2) is 0 Å². The first-order valence-corrected chi connectivity index (χ1v) is 8.41. The lowest BCUT2D eigenvalue weighted by Gasteiger charge is -2.04.